The van der Waals surface area contributed by atoms with E-state index >= 15 is 0 Å². The normalized spacial score (nSPS) is 14.7. The van der Waals surface area contributed by atoms with Crippen LogP contribution in [0.2, 0.25) is 0 Å². The predicted octanol–water partition coefficient (Wildman–Crippen LogP) is 3.46. The van der Waals surface area contributed by atoms with E-state index in [0.717, 1.165) is 22.9 Å². The minimum atomic E-state index is -1.12. The van der Waals surface area contributed by atoms with Crippen molar-refractivity contribution in [3.8, 4) is 0 Å². The van der Waals surface area contributed by atoms with E-state index in [1.165, 1.54) is 0 Å². The molecule has 1 amide bonds. The summed E-state index contributed by atoms with van der Waals surface area (Å²) in [5.41, 5.74) is 5.40. The van der Waals surface area contributed by atoms with Crippen molar-refractivity contribution in [2.45, 2.75) is 32.3 Å². The van der Waals surface area contributed by atoms with Crippen molar-refractivity contribution in [3.63, 3.8) is 0 Å². The van der Waals surface area contributed by atoms with Crippen molar-refractivity contribution in [2.75, 3.05) is 0 Å². The van der Waals surface area contributed by atoms with E-state index in [0.29, 0.717) is 11.1 Å². The summed E-state index contributed by atoms with van der Waals surface area (Å²) in [4.78, 5) is 40.6. The van der Waals surface area contributed by atoms with Gasteiger partial charge in [0.2, 0.25) is 11.7 Å². The van der Waals surface area contributed by atoms with E-state index in [1.54, 1.807) is 30.5 Å². The van der Waals surface area contributed by atoms with Gasteiger partial charge in [0.15, 0.2) is 6.10 Å². The van der Waals surface area contributed by atoms with Gasteiger partial charge in [0.25, 0.3) is 0 Å². The summed E-state index contributed by atoms with van der Waals surface area (Å²) in [5, 5.41) is 4.57. The fourth-order valence-corrected chi connectivity index (χ4v) is 3.55. The Labute approximate surface area is 173 Å². The van der Waals surface area contributed by atoms with Gasteiger partial charge in [0.05, 0.1) is 0 Å². The zero-order chi connectivity index (χ0) is 21.1. The molecule has 152 valence electrons. The molecule has 0 unspecified atom stereocenters. The first-order valence-electron chi connectivity index (χ1n) is 9.83. The maximum absolute atomic E-state index is 13.5. The van der Waals surface area contributed by atoms with Gasteiger partial charge >= 0.3 is 5.97 Å². The zero-order valence-corrected chi connectivity index (χ0v) is 16.5. The lowest BCUT2D eigenvalue weighted by molar-refractivity contribution is -0.139. The lowest BCUT2D eigenvalue weighted by Crippen LogP contribution is -2.32. The third-order valence-electron chi connectivity index (χ3n) is 5.15. The van der Waals surface area contributed by atoms with Gasteiger partial charge in [0.1, 0.15) is 5.71 Å². The molecule has 30 heavy (non-hydrogen) atoms. The van der Waals surface area contributed by atoms with E-state index in [1.807, 2.05) is 24.3 Å². The Bertz CT molecular complexity index is 1150. The van der Waals surface area contributed by atoms with Crippen LogP contribution in [-0.2, 0) is 20.7 Å². The Hall–Kier alpha value is -3.74. The number of rotatable bonds is 6. The molecule has 2 N–H and O–H groups in total. The fourth-order valence-electron chi connectivity index (χ4n) is 3.55. The van der Waals surface area contributed by atoms with Crippen molar-refractivity contribution in [1.29, 1.82) is 0 Å². The molecule has 0 spiro atoms. The first-order chi connectivity index (χ1) is 14.6. The average molecular weight is 403 g/mol. The molecule has 7 heteroatoms. The summed E-state index contributed by atoms with van der Waals surface area (Å²) in [6, 6.07) is 14.7. The fraction of sp³-hybridized carbons (Fsp3) is 0.217. The number of ether oxygens (including phenoxy) is 1. The van der Waals surface area contributed by atoms with Crippen LogP contribution in [0.25, 0.3) is 10.9 Å². The highest BCUT2D eigenvalue weighted by molar-refractivity contribution is 6.37. The second-order valence-corrected chi connectivity index (χ2v) is 7.05. The smallest absolute Gasteiger partial charge is 0.355 e. The van der Waals surface area contributed by atoms with Crippen molar-refractivity contribution in [3.05, 3.63) is 71.4 Å². The molecular formula is C23H21N3O4. The molecule has 2 heterocycles. The Balaban J connectivity index is 1.69. The second kappa shape index (κ2) is 8.32. The Morgan fingerprint density at radius 1 is 1.10 bits per heavy atom. The molecule has 0 saturated carbocycles. The molecule has 0 radical (unpaired) electrons. The summed E-state index contributed by atoms with van der Waals surface area (Å²) in [5.74, 6) is -1.30. The number of ketones is 1. The van der Waals surface area contributed by atoms with Crippen LogP contribution >= 0.6 is 0 Å². The number of aryl methyl sites for hydroxylation is 1. The Morgan fingerprint density at radius 2 is 1.90 bits per heavy atom. The summed E-state index contributed by atoms with van der Waals surface area (Å²) >= 11 is 0. The molecule has 1 atom stereocenters. The molecule has 1 aliphatic rings. The van der Waals surface area contributed by atoms with Crippen LogP contribution in [0.3, 0.4) is 0 Å². The van der Waals surface area contributed by atoms with Gasteiger partial charge in [-0.25, -0.2) is 10.2 Å². The maximum Gasteiger partial charge on any atom is 0.355 e. The number of esters is 1. The van der Waals surface area contributed by atoms with E-state index in [-0.39, 0.29) is 30.2 Å². The number of hydrogen-bond acceptors (Lipinski definition) is 5. The number of carbonyl (C=O) groups is 3. The van der Waals surface area contributed by atoms with Crippen molar-refractivity contribution >= 4 is 34.3 Å². The SMILES string of the molecule is CCc1cccc2c(C(=O)[C@H](OC(=O)C3=NNC(=O)CC3)c3ccccc3)c[nH]c12. The number of aromatic amines is 1. The highest BCUT2D eigenvalue weighted by Gasteiger charge is 2.30. The molecule has 7 nitrogen and oxygen atoms in total. The van der Waals surface area contributed by atoms with Gasteiger partial charge in [-0.05, 0) is 12.0 Å². The number of fused-ring (bicyclic) bond motifs is 1. The van der Waals surface area contributed by atoms with Crippen LogP contribution < -0.4 is 5.43 Å². The summed E-state index contributed by atoms with van der Waals surface area (Å²) in [6.45, 7) is 2.05. The lowest BCUT2D eigenvalue weighted by Gasteiger charge is -2.19. The van der Waals surface area contributed by atoms with Gasteiger partial charge in [-0.2, -0.15) is 5.10 Å². The quantitative estimate of drug-likeness (QED) is 0.486. The monoisotopic (exact) mass is 403 g/mol. The van der Waals surface area contributed by atoms with Gasteiger partial charge in [-0.15, -0.1) is 0 Å². The third kappa shape index (κ3) is 3.74. The van der Waals surface area contributed by atoms with Gasteiger partial charge < -0.3 is 9.72 Å². The number of carbonyl (C=O) groups excluding carboxylic acids is 3. The van der Waals surface area contributed by atoms with Crippen LogP contribution in [-0.4, -0.2) is 28.4 Å². The van der Waals surface area contributed by atoms with Crippen LogP contribution in [0.5, 0.6) is 0 Å². The standard InChI is InChI=1S/C23H21N3O4/c1-2-14-9-6-10-16-17(13-24-20(14)16)21(28)22(15-7-4-3-5-8-15)30-23(29)18-11-12-19(27)26-25-18/h3-10,13,22,24H,2,11-12H2,1H3,(H,26,27)/t22-/m1/s1. The maximum atomic E-state index is 13.5. The number of benzene rings is 2. The number of hydrogen-bond donors (Lipinski definition) is 2. The minimum absolute atomic E-state index is 0.0931. The third-order valence-corrected chi connectivity index (χ3v) is 5.15. The van der Waals surface area contributed by atoms with Gasteiger partial charge in [-0.3, -0.25) is 9.59 Å². The number of amides is 1. The van der Waals surface area contributed by atoms with Crippen molar-refractivity contribution in [1.82, 2.24) is 10.4 Å². The molecule has 1 aliphatic heterocycles. The highest BCUT2D eigenvalue weighted by Crippen LogP contribution is 2.29. The highest BCUT2D eigenvalue weighted by atomic mass is 16.5. The van der Waals surface area contributed by atoms with Crippen LogP contribution in [0.1, 0.15) is 47.4 Å². The lowest BCUT2D eigenvalue weighted by atomic mass is 9.98. The van der Waals surface area contributed by atoms with Crippen LogP contribution in [0.4, 0.5) is 0 Å². The van der Waals surface area contributed by atoms with E-state index in [2.05, 4.69) is 22.4 Å². The topological polar surface area (TPSA) is 101 Å². The molecule has 2 aromatic carbocycles. The summed E-state index contributed by atoms with van der Waals surface area (Å²) in [7, 11) is 0. The van der Waals surface area contributed by atoms with Crippen LogP contribution in [0.15, 0.2) is 59.8 Å². The minimum Gasteiger partial charge on any atom is -0.444 e. The van der Waals surface area contributed by atoms with E-state index in [9.17, 15) is 14.4 Å². The molecule has 3 aromatic rings. The summed E-state index contributed by atoms with van der Waals surface area (Å²) < 4.78 is 5.62. The molecule has 0 bridgehead atoms. The number of hydrazone groups is 1. The Morgan fingerprint density at radius 3 is 2.60 bits per heavy atom. The van der Waals surface area contributed by atoms with Crippen LogP contribution in [0, 0.1) is 0 Å². The predicted molar refractivity (Wildman–Crippen MR) is 112 cm³/mol. The van der Waals surface area contributed by atoms with E-state index < -0.39 is 12.1 Å². The number of H-pyrrole nitrogens is 1. The second-order valence-electron chi connectivity index (χ2n) is 7.05. The molecule has 4 rings (SSSR count). The molecule has 0 aliphatic carbocycles. The average Bonchev–Trinajstić information content (AvgIpc) is 3.22. The van der Waals surface area contributed by atoms with Crippen molar-refractivity contribution < 1.29 is 19.1 Å². The first-order valence-corrected chi connectivity index (χ1v) is 9.83. The zero-order valence-electron chi connectivity index (χ0n) is 16.5. The van der Waals surface area contributed by atoms with E-state index in [4.69, 9.17) is 4.74 Å². The number of aromatic nitrogens is 1. The summed E-state index contributed by atoms with van der Waals surface area (Å²) in [6.07, 6.45) is 1.69. The van der Waals surface area contributed by atoms with Gasteiger partial charge in [0, 0.05) is 41.1 Å². The number of para-hydroxylation sites is 1. The number of nitrogens with one attached hydrogen (secondary N) is 2. The Kier molecular flexibility index (Phi) is 5.43. The number of Topliss-reactive ketones (excluding diaryl/α,β-unsaturated/α-hetero) is 1. The molecule has 0 saturated heterocycles. The molecule has 0 fully saturated rings. The molecular weight excluding hydrogens is 382 g/mol. The van der Waals surface area contributed by atoms with Crippen molar-refractivity contribution in [2.24, 2.45) is 5.10 Å². The molecule has 1 aromatic heterocycles. The number of nitrogens with zero attached hydrogens (tertiary/aromatic N) is 1. The largest absolute Gasteiger partial charge is 0.444 e. The first kappa shape index (κ1) is 19.6. The van der Waals surface area contributed by atoms with Gasteiger partial charge in [-0.1, -0.05) is 55.5 Å².